The highest BCUT2D eigenvalue weighted by atomic mass is 35.5. The predicted molar refractivity (Wildman–Crippen MR) is 93.8 cm³/mol. The van der Waals surface area contributed by atoms with Crippen molar-refractivity contribution in [2.45, 2.75) is 0 Å². The van der Waals surface area contributed by atoms with Gasteiger partial charge in [-0.2, -0.15) is 0 Å². The standard InChI is InChI=1S/C17H16ClFN4O2/c1-24-14-8-20-6-5-13(14)22-17-15(25-2)9-21-16(23-17)11-7-10(18)3-4-12(11)19/h3-5,7-9,20H,6H2,1-2H3,(H,21,22,23). The topological polar surface area (TPSA) is 68.3 Å². The first kappa shape index (κ1) is 17.0. The van der Waals surface area contributed by atoms with E-state index in [9.17, 15) is 4.39 Å². The first-order valence-electron chi connectivity index (χ1n) is 7.44. The van der Waals surface area contributed by atoms with E-state index in [1.807, 2.05) is 6.08 Å². The molecule has 1 aromatic carbocycles. The van der Waals surface area contributed by atoms with Gasteiger partial charge in [0.15, 0.2) is 23.2 Å². The predicted octanol–water partition coefficient (Wildman–Crippen LogP) is 3.33. The zero-order valence-corrected chi connectivity index (χ0v) is 14.4. The largest absolute Gasteiger partial charge is 0.493 e. The quantitative estimate of drug-likeness (QED) is 0.850. The minimum Gasteiger partial charge on any atom is -0.493 e. The van der Waals surface area contributed by atoms with E-state index in [0.717, 1.165) is 5.70 Å². The number of methoxy groups -OCH3 is 2. The first-order chi connectivity index (χ1) is 12.1. The molecule has 2 N–H and O–H groups in total. The highest BCUT2D eigenvalue weighted by Crippen LogP contribution is 2.29. The molecule has 0 saturated heterocycles. The molecule has 0 unspecified atom stereocenters. The van der Waals surface area contributed by atoms with Gasteiger partial charge in [-0.05, 0) is 24.3 Å². The van der Waals surface area contributed by atoms with Gasteiger partial charge in [0, 0.05) is 17.8 Å². The maximum atomic E-state index is 14.1. The molecule has 0 radical (unpaired) electrons. The highest BCUT2D eigenvalue weighted by molar-refractivity contribution is 6.30. The molecule has 0 fully saturated rings. The third-order valence-electron chi connectivity index (χ3n) is 3.54. The lowest BCUT2D eigenvalue weighted by Crippen LogP contribution is -2.18. The van der Waals surface area contributed by atoms with Gasteiger partial charge >= 0.3 is 0 Å². The van der Waals surface area contributed by atoms with Gasteiger partial charge in [0.2, 0.25) is 0 Å². The van der Waals surface area contributed by atoms with Crippen LogP contribution < -0.4 is 15.4 Å². The van der Waals surface area contributed by atoms with Crippen molar-refractivity contribution in [2.24, 2.45) is 0 Å². The van der Waals surface area contributed by atoms with Crippen LogP contribution in [-0.2, 0) is 4.74 Å². The van der Waals surface area contributed by atoms with Crippen LogP contribution in [0.25, 0.3) is 11.4 Å². The molecule has 0 atom stereocenters. The van der Waals surface area contributed by atoms with Crippen LogP contribution in [0.3, 0.4) is 0 Å². The van der Waals surface area contributed by atoms with E-state index in [0.29, 0.717) is 28.9 Å². The van der Waals surface area contributed by atoms with Crippen molar-refractivity contribution in [3.63, 3.8) is 0 Å². The minimum absolute atomic E-state index is 0.195. The molecule has 6 nitrogen and oxygen atoms in total. The van der Waals surface area contributed by atoms with Gasteiger partial charge in [-0.15, -0.1) is 0 Å². The number of halogens is 2. The molecule has 1 aliphatic rings. The van der Waals surface area contributed by atoms with E-state index in [1.165, 1.54) is 31.5 Å². The average Bonchev–Trinajstić information content (AvgIpc) is 2.64. The van der Waals surface area contributed by atoms with Crippen molar-refractivity contribution in [3.8, 4) is 17.1 Å². The van der Waals surface area contributed by atoms with Crippen LogP contribution in [0.1, 0.15) is 0 Å². The Kier molecular flexibility index (Phi) is 5.04. The molecule has 3 rings (SSSR count). The number of hydrogen-bond acceptors (Lipinski definition) is 6. The lowest BCUT2D eigenvalue weighted by molar-refractivity contribution is 0.296. The first-order valence-corrected chi connectivity index (χ1v) is 7.81. The summed E-state index contributed by atoms with van der Waals surface area (Å²) < 4.78 is 24.7. The van der Waals surface area contributed by atoms with E-state index < -0.39 is 5.82 Å². The minimum atomic E-state index is -0.459. The highest BCUT2D eigenvalue weighted by Gasteiger charge is 2.16. The van der Waals surface area contributed by atoms with Gasteiger partial charge in [-0.25, -0.2) is 14.4 Å². The SMILES string of the molecule is COC1=CNCC=C1Nc1nc(-c2cc(Cl)ccc2F)ncc1OC. The molecular formula is C17H16ClFN4O2. The van der Waals surface area contributed by atoms with Crippen LogP contribution in [0.5, 0.6) is 5.75 Å². The van der Waals surface area contributed by atoms with Crippen LogP contribution in [0.4, 0.5) is 10.2 Å². The van der Waals surface area contributed by atoms with E-state index in [-0.39, 0.29) is 11.4 Å². The third-order valence-corrected chi connectivity index (χ3v) is 3.78. The Morgan fingerprint density at radius 2 is 2.12 bits per heavy atom. The van der Waals surface area contributed by atoms with Crippen LogP contribution in [0.2, 0.25) is 5.02 Å². The van der Waals surface area contributed by atoms with Gasteiger partial charge < -0.3 is 20.1 Å². The summed E-state index contributed by atoms with van der Waals surface area (Å²) in [5.74, 6) is 1.16. The summed E-state index contributed by atoms with van der Waals surface area (Å²) in [4.78, 5) is 8.55. The fourth-order valence-corrected chi connectivity index (χ4v) is 2.48. The molecule has 0 aliphatic carbocycles. The Morgan fingerprint density at radius 3 is 2.88 bits per heavy atom. The number of dihydropyridines is 1. The number of nitrogens with one attached hydrogen (secondary N) is 2. The molecule has 2 heterocycles. The van der Waals surface area contributed by atoms with Crippen LogP contribution >= 0.6 is 11.6 Å². The molecule has 0 spiro atoms. The number of benzene rings is 1. The second kappa shape index (κ2) is 7.40. The van der Waals surface area contributed by atoms with Crippen molar-refractivity contribution in [3.05, 3.63) is 59.0 Å². The molecule has 0 amide bonds. The molecule has 2 aromatic rings. The Bertz CT molecular complexity index is 855. The summed E-state index contributed by atoms with van der Waals surface area (Å²) in [7, 11) is 3.08. The lowest BCUT2D eigenvalue weighted by Gasteiger charge is -2.18. The van der Waals surface area contributed by atoms with E-state index >= 15 is 0 Å². The van der Waals surface area contributed by atoms with Crippen LogP contribution in [0.15, 0.2) is 48.1 Å². The molecule has 0 bridgehead atoms. The molecule has 1 aliphatic heterocycles. The zero-order valence-electron chi connectivity index (χ0n) is 13.6. The van der Waals surface area contributed by atoms with Crippen molar-refractivity contribution in [1.29, 1.82) is 0 Å². The summed E-state index contributed by atoms with van der Waals surface area (Å²) >= 11 is 5.96. The Balaban J connectivity index is 2.00. The Hall–Kier alpha value is -2.80. The van der Waals surface area contributed by atoms with Gasteiger partial charge in [-0.3, -0.25) is 0 Å². The molecule has 1 aromatic heterocycles. The molecule has 0 saturated carbocycles. The molecule has 130 valence electrons. The molecular weight excluding hydrogens is 347 g/mol. The summed E-state index contributed by atoms with van der Waals surface area (Å²) in [6.07, 6.45) is 5.12. The third kappa shape index (κ3) is 3.66. The lowest BCUT2D eigenvalue weighted by atomic mass is 10.2. The van der Waals surface area contributed by atoms with Crippen molar-refractivity contribution >= 4 is 17.4 Å². The number of nitrogens with zero attached hydrogens (tertiary/aromatic N) is 2. The number of ether oxygens (including phenoxy) is 2. The van der Waals surface area contributed by atoms with E-state index in [4.69, 9.17) is 21.1 Å². The van der Waals surface area contributed by atoms with Gasteiger partial charge in [0.1, 0.15) is 5.82 Å². The van der Waals surface area contributed by atoms with Crippen molar-refractivity contribution in [2.75, 3.05) is 26.1 Å². The second-order valence-corrected chi connectivity index (χ2v) is 5.53. The number of hydrogen-bond donors (Lipinski definition) is 2. The van der Waals surface area contributed by atoms with Crippen molar-refractivity contribution in [1.82, 2.24) is 15.3 Å². The second-order valence-electron chi connectivity index (χ2n) is 5.10. The van der Waals surface area contributed by atoms with Gasteiger partial charge in [-0.1, -0.05) is 11.6 Å². The summed E-state index contributed by atoms with van der Waals surface area (Å²) in [5.41, 5.74) is 0.927. The van der Waals surface area contributed by atoms with E-state index in [1.54, 1.807) is 13.3 Å². The summed E-state index contributed by atoms with van der Waals surface area (Å²) in [6.45, 7) is 0.637. The smallest absolute Gasteiger partial charge is 0.179 e. The summed E-state index contributed by atoms with van der Waals surface area (Å²) in [6, 6.07) is 4.23. The zero-order chi connectivity index (χ0) is 17.8. The van der Waals surface area contributed by atoms with Gasteiger partial charge in [0.05, 0.1) is 31.7 Å². The van der Waals surface area contributed by atoms with Crippen LogP contribution in [0, 0.1) is 5.82 Å². The maximum Gasteiger partial charge on any atom is 0.179 e. The maximum absolute atomic E-state index is 14.1. The number of anilines is 1. The van der Waals surface area contributed by atoms with E-state index in [2.05, 4.69) is 20.6 Å². The van der Waals surface area contributed by atoms with Gasteiger partial charge in [0.25, 0.3) is 0 Å². The summed E-state index contributed by atoms with van der Waals surface area (Å²) in [5, 5.41) is 6.59. The number of rotatable bonds is 5. The number of aromatic nitrogens is 2. The Morgan fingerprint density at radius 1 is 1.28 bits per heavy atom. The van der Waals surface area contributed by atoms with Crippen molar-refractivity contribution < 1.29 is 13.9 Å². The van der Waals surface area contributed by atoms with Crippen LogP contribution in [-0.4, -0.2) is 30.7 Å². The monoisotopic (exact) mass is 362 g/mol. The molecule has 25 heavy (non-hydrogen) atoms. The fraction of sp³-hybridized carbons (Fsp3) is 0.176. The average molecular weight is 363 g/mol. The Labute approximate surface area is 149 Å². The normalized spacial score (nSPS) is 13.4. The molecule has 8 heteroatoms. The fourth-order valence-electron chi connectivity index (χ4n) is 2.31.